The van der Waals surface area contributed by atoms with Crippen LogP contribution < -0.4 is 0 Å². The minimum atomic E-state index is -3.17. The maximum Gasteiger partial charge on any atom is 0.264 e. The fraction of sp³-hybridized carbons (Fsp3) is 0.643. The molecule has 1 aliphatic heterocycles. The lowest BCUT2D eigenvalue weighted by Gasteiger charge is -2.35. The van der Waals surface area contributed by atoms with E-state index in [0.717, 1.165) is 30.6 Å². The van der Waals surface area contributed by atoms with Crippen LogP contribution in [0.3, 0.4) is 0 Å². The Labute approximate surface area is 129 Å². The Balaban J connectivity index is 1.61. The second-order valence-corrected chi connectivity index (χ2v) is 8.78. The van der Waals surface area contributed by atoms with Crippen molar-refractivity contribution in [2.24, 2.45) is 0 Å². The van der Waals surface area contributed by atoms with E-state index in [4.69, 9.17) is 0 Å². The zero-order valence-electron chi connectivity index (χ0n) is 11.9. The van der Waals surface area contributed by atoms with Crippen molar-refractivity contribution in [2.75, 3.05) is 26.2 Å². The van der Waals surface area contributed by atoms with Crippen molar-refractivity contribution < 1.29 is 13.2 Å². The van der Waals surface area contributed by atoms with Crippen LogP contribution in [-0.2, 0) is 10.0 Å². The minimum absolute atomic E-state index is 0.0166. The third kappa shape index (κ3) is 3.00. The van der Waals surface area contributed by atoms with E-state index >= 15 is 0 Å². The molecule has 21 heavy (non-hydrogen) atoms. The van der Waals surface area contributed by atoms with E-state index in [1.165, 1.54) is 11.3 Å². The molecule has 1 saturated heterocycles. The smallest absolute Gasteiger partial charge is 0.264 e. The van der Waals surface area contributed by atoms with Crippen molar-refractivity contribution in [3.63, 3.8) is 0 Å². The predicted octanol–water partition coefficient (Wildman–Crippen LogP) is 1.78. The van der Waals surface area contributed by atoms with Gasteiger partial charge in [0.15, 0.2) is 0 Å². The summed E-state index contributed by atoms with van der Waals surface area (Å²) in [7, 11) is -3.17. The highest BCUT2D eigenvalue weighted by Crippen LogP contribution is 2.27. The second kappa shape index (κ2) is 6.06. The minimum Gasteiger partial charge on any atom is -0.335 e. The molecule has 1 amide bonds. The summed E-state index contributed by atoms with van der Waals surface area (Å²) in [6, 6.07) is 3.67. The Morgan fingerprint density at radius 2 is 1.81 bits per heavy atom. The van der Waals surface area contributed by atoms with Crippen LogP contribution in [0, 0.1) is 0 Å². The van der Waals surface area contributed by atoms with Crippen LogP contribution >= 0.6 is 11.3 Å². The molecular formula is C14H20N2O3S2. The molecule has 0 atom stereocenters. The molecule has 0 aromatic carbocycles. The first-order chi connectivity index (χ1) is 10.1. The first-order valence-corrected chi connectivity index (χ1v) is 9.79. The predicted molar refractivity (Wildman–Crippen MR) is 83.0 cm³/mol. The second-order valence-electron chi connectivity index (χ2n) is 5.62. The highest BCUT2D eigenvalue weighted by molar-refractivity contribution is 7.89. The Hall–Kier alpha value is -0.920. The average Bonchev–Trinajstić information content (AvgIpc) is 3.19. The summed E-state index contributed by atoms with van der Waals surface area (Å²) in [5, 5.41) is 1.69. The summed E-state index contributed by atoms with van der Waals surface area (Å²) >= 11 is 1.43. The van der Waals surface area contributed by atoms with Crippen LogP contribution in [0.5, 0.6) is 0 Å². The molecule has 2 fully saturated rings. The Bertz CT molecular complexity index is 584. The van der Waals surface area contributed by atoms with Gasteiger partial charge in [0, 0.05) is 26.2 Å². The quantitative estimate of drug-likeness (QED) is 0.850. The molecule has 1 aliphatic carbocycles. The third-order valence-electron chi connectivity index (χ3n) is 4.34. The van der Waals surface area contributed by atoms with E-state index in [1.54, 1.807) is 9.21 Å². The van der Waals surface area contributed by atoms with Gasteiger partial charge in [-0.15, -0.1) is 11.3 Å². The molecule has 5 nitrogen and oxygen atoms in total. The van der Waals surface area contributed by atoms with Crippen LogP contribution in [0.1, 0.15) is 35.4 Å². The number of sulfonamides is 1. The summed E-state index contributed by atoms with van der Waals surface area (Å²) in [4.78, 5) is 14.7. The third-order valence-corrected chi connectivity index (χ3v) is 7.60. The van der Waals surface area contributed by atoms with Gasteiger partial charge in [0.25, 0.3) is 5.91 Å². The number of nitrogens with zero attached hydrogens (tertiary/aromatic N) is 2. The van der Waals surface area contributed by atoms with Crippen molar-refractivity contribution in [3.8, 4) is 0 Å². The summed E-state index contributed by atoms with van der Waals surface area (Å²) in [6.45, 7) is 1.83. The van der Waals surface area contributed by atoms with Crippen LogP contribution in [0.2, 0.25) is 0 Å². The van der Waals surface area contributed by atoms with Gasteiger partial charge < -0.3 is 4.90 Å². The van der Waals surface area contributed by atoms with Gasteiger partial charge in [-0.2, -0.15) is 4.31 Å². The van der Waals surface area contributed by atoms with Gasteiger partial charge in [-0.25, -0.2) is 8.42 Å². The van der Waals surface area contributed by atoms with Crippen LogP contribution in [-0.4, -0.2) is 55.0 Å². The summed E-state index contributed by atoms with van der Waals surface area (Å²) in [6.07, 6.45) is 3.61. The van der Waals surface area contributed by atoms with E-state index < -0.39 is 10.0 Å². The molecule has 7 heteroatoms. The Morgan fingerprint density at radius 1 is 1.14 bits per heavy atom. The lowest BCUT2D eigenvalue weighted by Crippen LogP contribution is -2.52. The molecule has 1 saturated carbocycles. The molecule has 1 aromatic rings. The summed E-state index contributed by atoms with van der Waals surface area (Å²) in [5.74, 6) is 0.0166. The molecule has 2 heterocycles. The van der Waals surface area contributed by atoms with E-state index in [9.17, 15) is 13.2 Å². The van der Waals surface area contributed by atoms with Crippen LogP contribution in [0.25, 0.3) is 0 Å². The van der Waals surface area contributed by atoms with Crippen molar-refractivity contribution in [1.29, 1.82) is 0 Å². The number of piperazine rings is 1. The first-order valence-electron chi connectivity index (χ1n) is 7.41. The highest BCUT2D eigenvalue weighted by atomic mass is 32.2. The number of hydrogen-bond acceptors (Lipinski definition) is 4. The zero-order valence-corrected chi connectivity index (χ0v) is 13.5. The van der Waals surface area contributed by atoms with Crippen molar-refractivity contribution >= 4 is 27.3 Å². The number of hydrogen-bond donors (Lipinski definition) is 0. The summed E-state index contributed by atoms with van der Waals surface area (Å²) in [5.41, 5.74) is 0. The zero-order chi connectivity index (χ0) is 14.9. The molecule has 116 valence electrons. The van der Waals surface area contributed by atoms with E-state index in [1.807, 2.05) is 17.5 Å². The molecule has 0 radical (unpaired) electrons. The standard InChI is InChI=1S/C14H20N2O3S2/c17-14(13-6-3-11-20-13)15-7-9-16(10-8-15)21(18,19)12-4-1-2-5-12/h3,6,11-12H,1-2,4-5,7-10H2. The largest absolute Gasteiger partial charge is 0.335 e. The maximum absolute atomic E-state index is 12.5. The maximum atomic E-state index is 12.5. The normalized spacial score (nSPS) is 21.8. The molecule has 0 unspecified atom stereocenters. The van der Waals surface area contributed by atoms with Gasteiger partial charge in [0.05, 0.1) is 10.1 Å². The van der Waals surface area contributed by atoms with E-state index in [0.29, 0.717) is 26.2 Å². The molecular weight excluding hydrogens is 308 g/mol. The lowest BCUT2D eigenvalue weighted by molar-refractivity contribution is 0.0702. The number of amides is 1. The molecule has 1 aromatic heterocycles. The van der Waals surface area contributed by atoms with E-state index in [-0.39, 0.29) is 11.2 Å². The average molecular weight is 328 g/mol. The molecule has 3 rings (SSSR count). The molecule has 2 aliphatic rings. The monoisotopic (exact) mass is 328 g/mol. The van der Waals surface area contributed by atoms with Gasteiger partial charge in [0.2, 0.25) is 10.0 Å². The number of rotatable bonds is 3. The molecule has 0 N–H and O–H groups in total. The lowest BCUT2D eigenvalue weighted by atomic mass is 10.3. The number of thiophene rings is 1. The van der Waals surface area contributed by atoms with Gasteiger partial charge in [-0.1, -0.05) is 18.9 Å². The highest BCUT2D eigenvalue weighted by Gasteiger charge is 2.36. The van der Waals surface area contributed by atoms with Gasteiger partial charge in [-0.3, -0.25) is 4.79 Å². The Morgan fingerprint density at radius 3 is 2.38 bits per heavy atom. The first kappa shape index (κ1) is 15.0. The van der Waals surface area contributed by atoms with E-state index in [2.05, 4.69) is 0 Å². The summed E-state index contributed by atoms with van der Waals surface area (Å²) < 4.78 is 26.6. The van der Waals surface area contributed by atoms with Crippen LogP contribution in [0.15, 0.2) is 17.5 Å². The van der Waals surface area contributed by atoms with Crippen molar-refractivity contribution in [3.05, 3.63) is 22.4 Å². The fourth-order valence-electron chi connectivity index (χ4n) is 3.10. The number of carbonyl (C=O) groups excluding carboxylic acids is 1. The van der Waals surface area contributed by atoms with Crippen molar-refractivity contribution in [2.45, 2.75) is 30.9 Å². The van der Waals surface area contributed by atoms with Gasteiger partial charge in [-0.05, 0) is 24.3 Å². The van der Waals surface area contributed by atoms with Crippen molar-refractivity contribution in [1.82, 2.24) is 9.21 Å². The van der Waals surface area contributed by atoms with Gasteiger partial charge in [0.1, 0.15) is 0 Å². The topological polar surface area (TPSA) is 57.7 Å². The fourth-order valence-corrected chi connectivity index (χ4v) is 5.81. The Kier molecular flexibility index (Phi) is 4.33. The SMILES string of the molecule is O=C(c1cccs1)N1CCN(S(=O)(=O)C2CCCC2)CC1. The van der Waals surface area contributed by atoms with Crippen LogP contribution in [0.4, 0.5) is 0 Å². The molecule has 0 bridgehead atoms. The van der Waals surface area contributed by atoms with Gasteiger partial charge >= 0.3 is 0 Å². The molecule has 0 spiro atoms. The number of carbonyl (C=O) groups is 1.